The minimum atomic E-state index is 0.137. The molecule has 2 aromatic carbocycles. The maximum absolute atomic E-state index is 12.9. The lowest BCUT2D eigenvalue weighted by Crippen LogP contribution is -2.64. The van der Waals surface area contributed by atoms with Crippen molar-refractivity contribution in [3.05, 3.63) is 84.1 Å². The minimum absolute atomic E-state index is 0.137. The second kappa shape index (κ2) is 8.52. The van der Waals surface area contributed by atoms with Gasteiger partial charge in [-0.25, -0.2) is 4.98 Å². The Morgan fingerprint density at radius 3 is 2.23 bits per heavy atom. The zero-order chi connectivity index (χ0) is 21.2. The predicted octanol–water partition coefficient (Wildman–Crippen LogP) is 3.70. The van der Waals surface area contributed by atoms with Crippen LogP contribution in [-0.4, -0.2) is 66.0 Å². The van der Waals surface area contributed by atoms with E-state index in [9.17, 15) is 4.79 Å². The maximum Gasteiger partial charge on any atom is 0.253 e. The topological polar surface area (TPSA) is 39.7 Å². The summed E-state index contributed by atoms with van der Waals surface area (Å²) in [5.74, 6) is 1.21. The summed E-state index contributed by atoms with van der Waals surface area (Å²) in [6.45, 7) is 7.77. The molecule has 3 aromatic rings. The van der Waals surface area contributed by atoms with Crippen molar-refractivity contribution in [2.45, 2.75) is 13.0 Å². The van der Waals surface area contributed by atoms with Gasteiger partial charge in [-0.3, -0.25) is 9.69 Å². The van der Waals surface area contributed by atoms with Crippen molar-refractivity contribution in [1.82, 2.24) is 14.8 Å². The van der Waals surface area contributed by atoms with Crippen molar-refractivity contribution in [3.8, 4) is 11.1 Å². The van der Waals surface area contributed by atoms with Gasteiger partial charge in [0.1, 0.15) is 5.82 Å². The number of aromatic nitrogens is 1. The molecule has 0 spiro atoms. The highest BCUT2D eigenvalue weighted by Crippen LogP contribution is 2.23. The zero-order valence-electron chi connectivity index (χ0n) is 17.9. The Bertz CT molecular complexity index is 1040. The van der Waals surface area contributed by atoms with E-state index in [2.05, 4.69) is 39.9 Å². The number of amides is 1. The normalized spacial score (nSPS) is 17.5. The predicted molar refractivity (Wildman–Crippen MR) is 124 cm³/mol. The third kappa shape index (κ3) is 4.19. The molecule has 2 aliphatic heterocycles. The Labute approximate surface area is 183 Å². The molecular formula is C26H28N4O. The van der Waals surface area contributed by atoms with Crippen molar-refractivity contribution in [2.75, 3.05) is 44.2 Å². The number of aryl methyl sites for hydroxylation is 1. The van der Waals surface area contributed by atoms with E-state index >= 15 is 0 Å². The van der Waals surface area contributed by atoms with Crippen LogP contribution in [0.1, 0.15) is 15.9 Å². The first kappa shape index (κ1) is 19.8. The molecule has 5 rings (SSSR count). The number of rotatable bonds is 4. The summed E-state index contributed by atoms with van der Waals surface area (Å²) < 4.78 is 0. The Morgan fingerprint density at radius 1 is 0.871 bits per heavy atom. The van der Waals surface area contributed by atoms with Crippen molar-refractivity contribution in [3.63, 3.8) is 0 Å². The van der Waals surface area contributed by atoms with Gasteiger partial charge in [-0.05, 0) is 47.9 Å². The molecule has 2 saturated heterocycles. The van der Waals surface area contributed by atoms with Gasteiger partial charge < -0.3 is 9.80 Å². The molecule has 0 bridgehead atoms. The summed E-state index contributed by atoms with van der Waals surface area (Å²) in [6.07, 6.45) is 1.89. The van der Waals surface area contributed by atoms with Crippen LogP contribution in [0.2, 0.25) is 0 Å². The van der Waals surface area contributed by atoms with Crippen LogP contribution in [0.4, 0.5) is 5.82 Å². The molecule has 0 N–H and O–H groups in total. The summed E-state index contributed by atoms with van der Waals surface area (Å²) >= 11 is 0. The SMILES string of the molecule is Cc1ccnc(N2CCN(C3CN(C(=O)c4ccc(-c5ccccc5)cc4)C3)CC2)c1. The van der Waals surface area contributed by atoms with E-state index in [0.717, 1.165) is 56.2 Å². The monoisotopic (exact) mass is 412 g/mol. The van der Waals surface area contributed by atoms with Gasteiger partial charge in [-0.15, -0.1) is 0 Å². The summed E-state index contributed by atoms with van der Waals surface area (Å²) in [6, 6.07) is 22.9. The molecule has 0 unspecified atom stereocenters. The van der Waals surface area contributed by atoms with Crippen LogP contribution in [0.5, 0.6) is 0 Å². The molecule has 2 aliphatic rings. The van der Waals surface area contributed by atoms with Gasteiger partial charge in [-0.2, -0.15) is 0 Å². The fourth-order valence-electron chi connectivity index (χ4n) is 4.48. The van der Waals surface area contributed by atoms with E-state index in [4.69, 9.17) is 0 Å². The van der Waals surface area contributed by atoms with E-state index in [1.54, 1.807) is 0 Å². The zero-order valence-corrected chi connectivity index (χ0v) is 17.9. The molecule has 5 heteroatoms. The standard InChI is InChI=1S/C26H28N4O/c1-20-11-12-27-25(17-20)29-15-13-28(14-16-29)24-18-30(19-24)26(31)23-9-7-22(8-10-23)21-5-3-2-4-6-21/h2-12,17,24H,13-16,18-19H2,1H3. The van der Waals surface area contributed by atoms with Crippen LogP contribution in [0, 0.1) is 6.92 Å². The van der Waals surface area contributed by atoms with Crippen LogP contribution >= 0.6 is 0 Å². The molecule has 0 aliphatic carbocycles. The Hall–Kier alpha value is -3.18. The van der Waals surface area contributed by atoms with Crippen molar-refractivity contribution < 1.29 is 4.79 Å². The number of carbonyl (C=O) groups is 1. The number of piperazine rings is 1. The number of nitrogens with zero attached hydrogens (tertiary/aromatic N) is 4. The van der Waals surface area contributed by atoms with Gasteiger partial charge in [-0.1, -0.05) is 42.5 Å². The number of hydrogen-bond acceptors (Lipinski definition) is 4. The van der Waals surface area contributed by atoms with Gasteiger partial charge in [0.25, 0.3) is 5.91 Å². The smallest absolute Gasteiger partial charge is 0.253 e. The first-order valence-electron chi connectivity index (χ1n) is 11.0. The Morgan fingerprint density at radius 2 is 1.55 bits per heavy atom. The first-order valence-corrected chi connectivity index (χ1v) is 11.0. The van der Waals surface area contributed by atoms with Gasteiger partial charge in [0.2, 0.25) is 0 Å². The van der Waals surface area contributed by atoms with Crippen molar-refractivity contribution in [1.29, 1.82) is 0 Å². The number of carbonyl (C=O) groups excluding carboxylic acids is 1. The summed E-state index contributed by atoms with van der Waals surface area (Å²) in [5.41, 5.74) is 4.33. The molecule has 1 aromatic heterocycles. The van der Waals surface area contributed by atoms with Crippen LogP contribution in [0.25, 0.3) is 11.1 Å². The third-order valence-electron chi connectivity index (χ3n) is 6.44. The summed E-state index contributed by atoms with van der Waals surface area (Å²) in [4.78, 5) is 24.2. The molecule has 1 amide bonds. The average Bonchev–Trinajstić information content (AvgIpc) is 2.79. The molecule has 158 valence electrons. The Balaban J connectivity index is 1.13. The number of anilines is 1. The number of benzene rings is 2. The average molecular weight is 413 g/mol. The molecule has 2 fully saturated rings. The highest BCUT2D eigenvalue weighted by Gasteiger charge is 2.36. The van der Waals surface area contributed by atoms with Gasteiger partial charge in [0, 0.05) is 57.1 Å². The van der Waals surface area contributed by atoms with Crippen LogP contribution in [0.3, 0.4) is 0 Å². The highest BCUT2D eigenvalue weighted by atomic mass is 16.2. The lowest BCUT2D eigenvalue weighted by Gasteiger charge is -2.48. The summed E-state index contributed by atoms with van der Waals surface area (Å²) in [7, 11) is 0. The summed E-state index contributed by atoms with van der Waals surface area (Å²) in [5, 5.41) is 0. The lowest BCUT2D eigenvalue weighted by atomic mass is 10.0. The molecule has 0 saturated carbocycles. The second-order valence-corrected chi connectivity index (χ2v) is 8.52. The largest absolute Gasteiger partial charge is 0.354 e. The van der Waals surface area contributed by atoms with E-state index in [0.29, 0.717) is 6.04 Å². The third-order valence-corrected chi connectivity index (χ3v) is 6.44. The molecular weight excluding hydrogens is 384 g/mol. The Kier molecular flexibility index (Phi) is 5.43. The first-order chi connectivity index (χ1) is 15.2. The number of pyridine rings is 1. The molecule has 3 heterocycles. The molecule has 5 nitrogen and oxygen atoms in total. The van der Waals surface area contributed by atoms with Gasteiger partial charge >= 0.3 is 0 Å². The van der Waals surface area contributed by atoms with Gasteiger partial charge in [0.05, 0.1) is 0 Å². The fourth-order valence-corrected chi connectivity index (χ4v) is 4.48. The molecule has 0 radical (unpaired) electrons. The van der Waals surface area contributed by atoms with E-state index in [1.165, 1.54) is 11.1 Å². The minimum Gasteiger partial charge on any atom is -0.354 e. The quantitative estimate of drug-likeness (QED) is 0.655. The lowest BCUT2D eigenvalue weighted by molar-refractivity contribution is 0.0246. The second-order valence-electron chi connectivity index (χ2n) is 8.52. The van der Waals surface area contributed by atoms with Crippen molar-refractivity contribution >= 4 is 11.7 Å². The number of likely N-dealkylation sites (tertiary alicyclic amines) is 1. The number of hydrogen-bond donors (Lipinski definition) is 0. The fraction of sp³-hybridized carbons (Fsp3) is 0.308. The van der Waals surface area contributed by atoms with Crippen molar-refractivity contribution in [2.24, 2.45) is 0 Å². The molecule has 0 atom stereocenters. The van der Waals surface area contributed by atoms with E-state index in [-0.39, 0.29) is 5.91 Å². The van der Waals surface area contributed by atoms with Crippen LogP contribution in [-0.2, 0) is 0 Å². The van der Waals surface area contributed by atoms with Gasteiger partial charge in [0.15, 0.2) is 0 Å². The van der Waals surface area contributed by atoms with E-state index in [1.807, 2.05) is 59.6 Å². The van der Waals surface area contributed by atoms with E-state index < -0.39 is 0 Å². The molecule has 31 heavy (non-hydrogen) atoms. The highest BCUT2D eigenvalue weighted by molar-refractivity contribution is 5.95. The van der Waals surface area contributed by atoms with Crippen LogP contribution < -0.4 is 4.90 Å². The van der Waals surface area contributed by atoms with Crippen LogP contribution in [0.15, 0.2) is 72.9 Å². The maximum atomic E-state index is 12.9.